The number of rotatable bonds is 8. The summed E-state index contributed by atoms with van der Waals surface area (Å²) in [5.74, 6) is 1.60. The molecule has 0 amide bonds. The van der Waals surface area contributed by atoms with E-state index in [1.807, 2.05) is 0 Å². The third-order valence-electron chi connectivity index (χ3n) is 7.34. The minimum Gasteiger partial charge on any atom is -0.457 e. The van der Waals surface area contributed by atoms with E-state index in [4.69, 9.17) is 4.74 Å². The zero-order chi connectivity index (χ0) is 25.1. The van der Waals surface area contributed by atoms with Gasteiger partial charge in [-0.3, -0.25) is 0 Å². The first-order valence-corrected chi connectivity index (χ1v) is 15.5. The summed E-state index contributed by atoms with van der Waals surface area (Å²) in [5, 5.41) is 0. The Bertz CT molecular complexity index is 1100. The van der Waals surface area contributed by atoms with Crippen molar-refractivity contribution < 1.29 is 21.6 Å². The first kappa shape index (κ1) is 26.1. The molecule has 7 nitrogen and oxygen atoms in total. The molecule has 2 aliphatic rings. The normalized spacial score (nSPS) is 25.8. The number of hydrogen-bond acceptors (Lipinski definition) is 5. The molecule has 0 heterocycles. The standard InChI is InChI=1S/C26H36N2O5S2/c1-19-7-3-5-9-25(19)27-34(29,30)23-15-11-21(12-16-23)33-22-13-17-24(18-14-22)35(31,32)28-26-10-6-4-8-20(26)2/h11-20,25-28H,3-10H2,1-2H3/t19-,20-,25-,26+/m0/s1. The van der Waals surface area contributed by atoms with Gasteiger partial charge in [0.2, 0.25) is 20.0 Å². The van der Waals surface area contributed by atoms with Gasteiger partial charge in [0.25, 0.3) is 0 Å². The molecule has 0 aromatic heterocycles. The van der Waals surface area contributed by atoms with E-state index < -0.39 is 20.0 Å². The largest absolute Gasteiger partial charge is 0.457 e. The van der Waals surface area contributed by atoms with E-state index in [2.05, 4.69) is 23.3 Å². The van der Waals surface area contributed by atoms with Gasteiger partial charge in [0.05, 0.1) is 9.79 Å². The monoisotopic (exact) mass is 520 g/mol. The van der Waals surface area contributed by atoms with Gasteiger partial charge in [-0.05, 0) is 86.1 Å². The number of ether oxygens (including phenoxy) is 1. The Kier molecular flexibility index (Phi) is 8.20. The fraction of sp³-hybridized carbons (Fsp3) is 0.538. The Morgan fingerprint density at radius 3 is 1.29 bits per heavy atom. The Morgan fingerprint density at radius 1 is 0.600 bits per heavy atom. The summed E-state index contributed by atoms with van der Waals surface area (Å²) in [6, 6.07) is 12.5. The molecule has 0 spiro atoms. The molecule has 0 bridgehead atoms. The van der Waals surface area contributed by atoms with Crippen molar-refractivity contribution in [2.24, 2.45) is 11.8 Å². The van der Waals surface area contributed by atoms with Crippen LogP contribution in [0.3, 0.4) is 0 Å². The highest BCUT2D eigenvalue weighted by Crippen LogP contribution is 2.28. The van der Waals surface area contributed by atoms with E-state index in [9.17, 15) is 16.8 Å². The van der Waals surface area contributed by atoms with Crippen molar-refractivity contribution in [2.75, 3.05) is 0 Å². The van der Waals surface area contributed by atoms with Crippen LogP contribution in [0.4, 0.5) is 0 Å². The molecule has 192 valence electrons. The van der Waals surface area contributed by atoms with Crippen molar-refractivity contribution in [3.63, 3.8) is 0 Å². The van der Waals surface area contributed by atoms with Crippen LogP contribution in [-0.2, 0) is 20.0 Å². The predicted octanol–water partition coefficient (Wildman–Crippen LogP) is 5.19. The lowest BCUT2D eigenvalue weighted by Gasteiger charge is -2.29. The summed E-state index contributed by atoms with van der Waals surface area (Å²) >= 11 is 0. The van der Waals surface area contributed by atoms with E-state index in [0.717, 1.165) is 51.4 Å². The first-order chi connectivity index (χ1) is 16.6. The van der Waals surface area contributed by atoms with Crippen molar-refractivity contribution in [3.8, 4) is 11.5 Å². The quantitative estimate of drug-likeness (QED) is 0.499. The van der Waals surface area contributed by atoms with Gasteiger partial charge in [0.15, 0.2) is 0 Å². The Hall–Kier alpha value is -1.94. The van der Waals surface area contributed by atoms with Gasteiger partial charge in [0.1, 0.15) is 11.5 Å². The van der Waals surface area contributed by atoms with Crippen LogP contribution in [0, 0.1) is 11.8 Å². The molecule has 35 heavy (non-hydrogen) atoms. The van der Waals surface area contributed by atoms with E-state index in [1.54, 1.807) is 24.3 Å². The Labute approximate surface area is 209 Å². The van der Waals surface area contributed by atoms with Crippen LogP contribution in [0.1, 0.15) is 65.2 Å². The van der Waals surface area contributed by atoms with Gasteiger partial charge in [0, 0.05) is 12.1 Å². The first-order valence-electron chi connectivity index (χ1n) is 12.6. The molecule has 2 fully saturated rings. The van der Waals surface area contributed by atoms with Crippen LogP contribution in [0.15, 0.2) is 58.3 Å². The average molecular weight is 521 g/mol. The van der Waals surface area contributed by atoms with Crippen molar-refractivity contribution >= 4 is 20.0 Å². The zero-order valence-electron chi connectivity index (χ0n) is 20.4. The fourth-order valence-electron chi connectivity index (χ4n) is 5.03. The van der Waals surface area contributed by atoms with E-state index in [-0.39, 0.29) is 21.9 Å². The highest BCUT2D eigenvalue weighted by Gasteiger charge is 2.28. The maximum atomic E-state index is 12.8. The van der Waals surface area contributed by atoms with Gasteiger partial charge < -0.3 is 4.74 Å². The molecule has 4 atom stereocenters. The van der Waals surface area contributed by atoms with Crippen molar-refractivity contribution in [1.82, 2.24) is 9.44 Å². The highest BCUT2D eigenvalue weighted by molar-refractivity contribution is 7.89. The van der Waals surface area contributed by atoms with Crippen LogP contribution < -0.4 is 14.2 Å². The number of nitrogens with one attached hydrogen (secondary N) is 2. The summed E-state index contributed by atoms with van der Waals surface area (Å²) < 4.78 is 62.7. The van der Waals surface area contributed by atoms with Gasteiger partial charge in [-0.25, -0.2) is 26.3 Å². The molecule has 4 rings (SSSR count). The molecular formula is C26H36N2O5S2. The Morgan fingerprint density at radius 2 is 0.943 bits per heavy atom. The molecule has 0 unspecified atom stereocenters. The molecule has 0 saturated heterocycles. The van der Waals surface area contributed by atoms with Crippen LogP contribution in [0.25, 0.3) is 0 Å². The van der Waals surface area contributed by atoms with E-state index in [1.165, 1.54) is 24.3 Å². The minimum atomic E-state index is -3.60. The van der Waals surface area contributed by atoms with Crippen molar-refractivity contribution in [3.05, 3.63) is 48.5 Å². The smallest absolute Gasteiger partial charge is 0.240 e. The molecule has 2 aromatic rings. The zero-order valence-corrected chi connectivity index (χ0v) is 22.1. The SMILES string of the molecule is C[C@H]1CCCC[C@@H]1NS(=O)(=O)c1ccc(Oc2ccc(S(=O)(=O)N[C@@H]3CCCC[C@@H]3C)cc2)cc1. The average Bonchev–Trinajstić information content (AvgIpc) is 2.83. The van der Waals surface area contributed by atoms with Crippen molar-refractivity contribution in [2.45, 2.75) is 87.1 Å². The van der Waals surface area contributed by atoms with Crippen molar-refractivity contribution in [1.29, 1.82) is 0 Å². The maximum Gasteiger partial charge on any atom is 0.240 e. The number of hydrogen-bond donors (Lipinski definition) is 2. The van der Waals surface area contributed by atoms with E-state index >= 15 is 0 Å². The van der Waals surface area contributed by atoms with Gasteiger partial charge in [-0.2, -0.15) is 0 Å². The van der Waals surface area contributed by atoms with Gasteiger partial charge in [-0.15, -0.1) is 0 Å². The Balaban J connectivity index is 1.38. The summed E-state index contributed by atoms with van der Waals surface area (Å²) in [7, 11) is -7.20. The molecule has 0 aliphatic heterocycles. The van der Waals surface area contributed by atoms with Crippen LogP contribution in [0.5, 0.6) is 11.5 Å². The highest BCUT2D eigenvalue weighted by atomic mass is 32.2. The molecular weight excluding hydrogens is 484 g/mol. The maximum absolute atomic E-state index is 12.8. The lowest BCUT2D eigenvalue weighted by Crippen LogP contribution is -2.40. The fourth-order valence-corrected chi connectivity index (χ4v) is 7.79. The summed E-state index contributed by atoms with van der Waals surface area (Å²) in [4.78, 5) is 0.402. The van der Waals surface area contributed by atoms with Crippen LogP contribution >= 0.6 is 0 Å². The lowest BCUT2D eigenvalue weighted by atomic mass is 9.87. The molecule has 2 saturated carbocycles. The summed E-state index contributed by atoms with van der Waals surface area (Å²) in [6.07, 6.45) is 8.18. The minimum absolute atomic E-state index is 0.0321. The van der Waals surface area contributed by atoms with Gasteiger partial charge >= 0.3 is 0 Å². The second-order valence-electron chi connectivity index (χ2n) is 10.0. The molecule has 9 heteroatoms. The van der Waals surface area contributed by atoms with Crippen LogP contribution in [0.2, 0.25) is 0 Å². The van der Waals surface area contributed by atoms with E-state index in [0.29, 0.717) is 23.3 Å². The molecule has 2 aromatic carbocycles. The predicted molar refractivity (Wildman–Crippen MR) is 136 cm³/mol. The third-order valence-corrected chi connectivity index (χ3v) is 10.4. The number of benzene rings is 2. The molecule has 2 aliphatic carbocycles. The topological polar surface area (TPSA) is 102 Å². The lowest BCUT2D eigenvalue weighted by molar-refractivity contribution is 0.310. The number of sulfonamides is 2. The van der Waals surface area contributed by atoms with Gasteiger partial charge in [-0.1, -0.05) is 39.5 Å². The third kappa shape index (κ3) is 6.64. The van der Waals surface area contributed by atoms with Crippen LogP contribution in [-0.4, -0.2) is 28.9 Å². The molecule has 2 N–H and O–H groups in total. The summed E-state index contributed by atoms with van der Waals surface area (Å²) in [5.41, 5.74) is 0. The summed E-state index contributed by atoms with van der Waals surface area (Å²) in [6.45, 7) is 4.18. The molecule has 0 radical (unpaired) electrons. The second-order valence-corrected chi connectivity index (χ2v) is 13.5. The second kappa shape index (κ2) is 11.0.